The molecule has 0 saturated carbocycles. The van der Waals surface area contributed by atoms with Gasteiger partial charge in [0.2, 0.25) is 0 Å². The monoisotopic (exact) mass is 160 g/mol. The lowest BCUT2D eigenvalue weighted by Gasteiger charge is -2.00. The average Bonchev–Trinajstić information content (AvgIpc) is 1.87. The molecule has 0 saturated heterocycles. The molecule has 3 heteroatoms. The molecule has 0 aliphatic rings. The summed E-state index contributed by atoms with van der Waals surface area (Å²) in [5.41, 5.74) is 0. The maximum Gasteiger partial charge on any atom is 0.303 e. The van der Waals surface area contributed by atoms with E-state index in [9.17, 15) is 4.79 Å². The van der Waals surface area contributed by atoms with Crippen LogP contribution in [0.15, 0.2) is 12.7 Å². The first-order valence-electron chi connectivity index (χ1n) is 3.19. The summed E-state index contributed by atoms with van der Waals surface area (Å²) < 4.78 is 0. The number of hydrogen-bond donors (Lipinski definition) is 2. The third kappa shape index (κ3) is 5.69. The number of carboxylic acids is 1. The zero-order valence-electron chi connectivity index (χ0n) is 5.79. The Labute approximate surface area is 66.4 Å². The minimum absolute atomic E-state index is 0.138. The molecule has 0 aromatic rings. The number of hydrogen-bond acceptors (Lipinski definition) is 2. The highest BCUT2D eigenvalue weighted by Crippen LogP contribution is 2.06. The molecule has 1 atom stereocenters. The quantitative estimate of drug-likeness (QED) is 0.474. The van der Waals surface area contributed by atoms with Crippen molar-refractivity contribution in [1.29, 1.82) is 0 Å². The normalized spacial score (nSPS) is 12.5. The highest BCUT2D eigenvalue weighted by molar-refractivity contribution is 7.81. The number of thiol groups is 1. The van der Waals surface area contributed by atoms with Gasteiger partial charge < -0.3 is 5.11 Å². The van der Waals surface area contributed by atoms with Crippen molar-refractivity contribution in [3.8, 4) is 0 Å². The Bertz CT molecular complexity index is 123. The van der Waals surface area contributed by atoms with E-state index in [4.69, 9.17) is 5.11 Å². The fraction of sp³-hybridized carbons (Fsp3) is 0.571. The molecule has 58 valence electrons. The maximum absolute atomic E-state index is 10.0. The lowest BCUT2D eigenvalue weighted by atomic mass is 10.2. The van der Waals surface area contributed by atoms with E-state index in [1.165, 1.54) is 0 Å². The van der Waals surface area contributed by atoms with E-state index in [0.29, 0.717) is 6.42 Å². The maximum atomic E-state index is 10.0. The zero-order valence-corrected chi connectivity index (χ0v) is 6.68. The molecule has 0 rings (SSSR count). The van der Waals surface area contributed by atoms with Crippen molar-refractivity contribution >= 4 is 18.6 Å². The minimum Gasteiger partial charge on any atom is -0.481 e. The van der Waals surface area contributed by atoms with Gasteiger partial charge in [0.05, 0.1) is 0 Å². The average molecular weight is 160 g/mol. The van der Waals surface area contributed by atoms with Crippen LogP contribution in [0.3, 0.4) is 0 Å². The van der Waals surface area contributed by atoms with Crippen molar-refractivity contribution in [2.24, 2.45) is 0 Å². The van der Waals surface area contributed by atoms with Crippen LogP contribution in [0.25, 0.3) is 0 Å². The van der Waals surface area contributed by atoms with Gasteiger partial charge in [0.15, 0.2) is 0 Å². The Morgan fingerprint density at radius 2 is 2.40 bits per heavy atom. The zero-order chi connectivity index (χ0) is 7.98. The first-order valence-corrected chi connectivity index (χ1v) is 3.71. The molecule has 0 amide bonds. The molecule has 10 heavy (non-hydrogen) atoms. The molecule has 0 aromatic heterocycles. The van der Waals surface area contributed by atoms with E-state index < -0.39 is 5.97 Å². The van der Waals surface area contributed by atoms with E-state index in [2.05, 4.69) is 19.2 Å². The molecule has 1 N–H and O–H groups in total. The van der Waals surface area contributed by atoms with Crippen molar-refractivity contribution < 1.29 is 9.90 Å². The van der Waals surface area contributed by atoms with Crippen LogP contribution >= 0.6 is 12.6 Å². The summed E-state index contributed by atoms with van der Waals surface area (Å²) in [6.07, 6.45) is 3.41. The van der Waals surface area contributed by atoms with Crippen molar-refractivity contribution in [3.05, 3.63) is 12.7 Å². The molecule has 1 unspecified atom stereocenters. The van der Waals surface area contributed by atoms with Crippen LogP contribution in [0.2, 0.25) is 0 Å². The Morgan fingerprint density at radius 1 is 1.80 bits per heavy atom. The largest absolute Gasteiger partial charge is 0.481 e. The van der Waals surface area contributed by atoms with Crippen LogP contribution in [0.5, 0.6) is 0 Å². The molecule has 0 heterocycles. The molecule has 2 nitrogen and oxygen atoms in total. The van der Waals surface area contributed by atoms with Crippen molar-refractivity contribution in [3.63, 3.8) is 0 Å². The third-order valence-electron chi connectivity index (χ3n) is 1.16. The first-order chi connectivity index (χ1) is 4.66. The Kier molecular flexibility index (Phi) is 5.12. The van der Waals surface area contributed by atoms with Crippen LogP contribution in [-0.4, -0.2) is 16.3 Å². The van der Waals surface area contributed by atoms with Gasteiger partial charge in [0.1, 0.15) is 0 Å². The molecule has 0 radical (unpaired) electrons. The van der Waals surface area contributed by atoms with Crippen molar-refractivity contribution in [2.75, 3.05) is 0 Å². The van der Waals surface area contributed by atoms with E-state index in [0.717, 1.165) is 6.42 Å². The fourth-order valence-electron chi connectivity index (χ4n) is 0.580. The van der Waals surface area contributed by atoms with Crippen LogP contribution in [0.1, 0.15) is 19.3 Å². The third-order valence-corrected chi connectivity index (χ3v) is 1.63. The van der Waals surface area contributed by atoms with E-state index >= 15 is 0 Å². The summed E-state index contributed by atoms with van der Waals surface area (Å²) in [7, 11) is 0. The standard InChI is InChI=1S/C7H12O2S/c1-2-6(10)4-3-5-7(8)9/h2,6,10H,1,3-5H2,(H,8,9). The van der Waals surface area contributed by atoms with Crippen LogP contribution < -0.4 is 0 Å². The van der Waals surface area contributed by atoms with Gasteiger partial charge in [-0.2, -0.15) is 12.6 Å². The fourth-order valence-corrected chi connectivity index (χ4v) is 0.763. The smallest absolute Gasteiger partial charge is 0.303 e. The first kappa shape index (κ1) is 9.56. The van der Waals surface area contributed by atoms with Gasteiger partial charge in [-0.15, -0.1) is 6.58 Å². The summed E-state index contributed by atoms with van der Waals surface area (Å²) >= 11 is 4.12. The van der Waals surface area contributed by atoms with E-state index in [1.807, 2.05) is 0 Å². The lowest BCUT2D eigenvalue weighted by Crippen LogP contribution is -1.98. The molecule has 0 aromatic carbocycles. The minimum atomic E-state index is -0.746. The Balaban J connectivity index is 3.19. The second-order valence-corrected chi connectivity index (χ2v) is 2.75. The SMILES string of the molecule is C=CC(S)CCCC(=O)O. The summed E-state index contributed by atoms with van der Waals surface area (Å²) in [5.74, 6) is -0.746. The van der Waals surface area contributed by atoms with Gasteiger partial charge in [0.25, 0.3) is 0 Å². The molecule has 0 aliphatic heterocycles. The highest BCUT2D eigenvalue weighted by atomic mass is 32.1. The summed E-state index contributed by atoms with van der Waals surface area (Å²) in [6, 6.07) is 0. The Hall–Kier alpha value is -0.440. The topological polar surface area (TPSA) is 37.3 Å². The van der Waals surface area contributed by atoms with Crippen molar-refractivity contribution in [2.45, 2.75) is 24.5 Å². The molecular weight excluding hydrogens is 148 g/mol. The summed E-state index contributed by atoms with van der Waals surface area (Å²) in [6.45, 7) is 3.53. The number of rotatable bonds is 5. The van der Waals surface area contributed by atoms with Crippen LogP contribution in [-0.2, 0) is 4.79 Å². The van der Waals surface area contributed by atoms with Crippen LogP contribution in [0.4, 0.5) is 0 Å². The number of aliphatic carboxylic acids is 1. The van der Waals surface area contributed by atoms with Gasteiger partial charge in [-0.05, 0) is 12.8 Å². The second-order valence-electron chi connectivity index (χ2n) is 2.09. The molecule has 0 fully saturated rings. The van der Waals surface area contributed by atoms with Gasteiger partial charge >= 0.3 is 5.97 Å². The molecule has 0 spiro atoms. The van der Waals surface area contributed by atoms with Gasteiger partial charge in [-0.25, -0.2) is 0 Å². The number of carbonyl (C=O) groups is 1. The molecule has 0 aliphatic carbocycles. The lowest BCUT2D eigenvalue weighted by molar-refractivity contribution is -0.137. The van der Waals surface area contributed by atoms with E-state index in [-0.39, 0.29) is 11.7 Å². The van der Waals surface area contributed by atoms with Gasteiger partial charge in [-0.3, -0.25) is 4.79 Å². The molecular formula is C7H12O2S. The Morgan fingerprint density at radius 3 is 2.80 bits per heavy atom. The van der Waals surface area contributed by atoms with Crippen molar-refractivity contribution in [1.82, 2.24) is 0 Å². The predicted octanol–water partition coefficient (Wildman–Crippen LogP) is 1.73. The van der Waals surface area contributed by atoms with Gasteiger partial charge in [-0.1, -0.05) is 6.08 Å². The summed E-state index contributed by atoms with van der Waals surface area (Å²) in [5, 5.41) is 8.39. The highest BCUT2D eigenvalue weighted by Gasteiger charge is 1.99. The second kappa shape index (κ2) is 5.35. The van der Waals surface area contributed by atoms with E-state index in [1.54, 1.807) is 6.08 Å². The number of carboxylic acid groups (broad SMARTS) is 1. The van der Waals surface area contributed by atoms with Crippen LogP contribution in [0, 0.1) is 0 Å². The summed E-state index contributed by atoms with van der Waals surface area (Å²) in [4.78, 5) is 10.0. The predicted molar refractivity (Wildman–Crippen MR) is 44.5 cm³/mol. The molecule has 0 bridgehead atoms. The van der Waals surface area contributed by atoms with Gasteiger partial charge in [0, 0.05) is 11.7 Å².